The average molecular weight is 247 g/mol. The second-order valence-electron chi connectivity index (χ2n) is 4.30. The van der Waals surface area contributed by atoms with Crippen molar-refractivity contribution in [1.82, 2.24) is 15.0 Å². The van der Waals surface area contributed by atoms with Crippen molar-refractivity contribution in [2.24, 2.45) is 0 Å². The Morgan fingerprint density at radius 3 is 2.67 bits per heavy atom. The summed E-state index contributed by atoms with van der Waals surface area (Å²) < 4.78 is 7.02. The van der Waals surface area contributed by atoms with Crippen molar-refractivity contribution < 1.29 is 9.84 Å². The molecule has 1 heterocycles. The predicted molar refractivity (Wildman–Crippen MR) is 67.4 cm³/mol. The fourth-order valence-electron chi connectivity index (χ4n) is 1.61. The highest BCUT2D eigenvalue weighted by atomic mass is 16.5. The second kappa shape index (κ2) is 5.75. The maximum absolute atomic E-state index is 10.1. The summed E-state index contributed by atoms with van der Waals surface area (Å²) in [6.07, 6.45) is 0.907. The normalized spacial score (nSPS) is 12.9. The third-order valence-corrected chi connectivity index (χ3v) is 2.51. The number of rotatable bonds is 5. The standard InChI is InChI=1S/C13H17N3O2/c1-10(2)18-9-13(17)12-8-14-15-16(12)11-6-4-3-5-7-11/h3-8,10,13,17H,9H2,1-2H3. The van der Waals surface area contributed by atoms with Gasteiger partial charge >= 0.3 is 0 Å². The number of hydrogen-bond acceptors (Lipinski definition) is 4. The predicted octanol–water partition coefficient (Wildman–Crippen LogP) is 1.73. The molecule has 0 fully saturated rings. The first-order valence-electron chi connectivity index (χ1n) is 5.94. The molecule has 18 heavy (non-hydrogen) atoms. The average Bonchev–Trinajstić information content (AvgIpc) is 2.86. The van der Waals surface area contributed by atoms with Crippen LogP contribution >= 0.6 is 0 Å². The highest BCUT2D eigenvalue weighted by Gasteiger charge is 2.16. The van der Waals surface area contributed by atoms with E-state index in [1.54, 1.807) is 10.9 Å². The summed E-state index contributed by atoms with van der Waals surface area (Å²) in [6.45, 7) is 4.09. The van der Waals surface area contributed by atoms with Gasteiger partial charge in [-0.2, -0.15) is 0 Å². The number of hydrogen-bond donors (Lipinski definition) is 1. The molecule has 0 amide bonds. The van der Waals surface area contributed by atoms with Gasteiger partial charge in [0.25, 0.3) is 0 Å². The number of aromatic nitrogens is 3. The van der Waals surface area contributed by atoms with Crippen LogP contribution in [-0.2, 0) is 4.74 Å². The lowest BCUT2D eigenvalue weighted by molar-refractivity contribution is 0.00236. The zero-order chi connectivity index (χ0) is 13.0. The van der Waals surface area contributed by atoms with Gasteiger partial charge in [-0.3, -0.25) is 0 Å². The Hall–Kier alpha value is -1.72. The summed E-state index contributed by atoms with van der Waals surface area (Å²) in [4.78, 5) is 0. The van der Waals surface area contributed by atoms with Gasteiger partial charge in [0.15, 0.2) is 0 Å². The van der Waals surface area contributed by atoms with Crippen LogP contribution in [0.25, 0.3) is 5.69 Å². The van der Waals surface area contributed by atoms with E-state index in [4.69, 9.17) is 4.74 Å². The largest absolute Gasteiger partial charge is 0.384 e. The Morgan fingerprint density at radius 1 is 1.28 bits per heavy atom. The molecule has 0 saturated heterocycles. The van der Waals surface area contributed by atoms with Crippen LogP contribution in [0.4, 0.5) is 0 Å². The van der Waals surface area contributed by atoms with Gasteiger partial charge in [0.2, 0.25) is 0 Å². The number of aliphatic hydroxyl groups excluding tert-OH is 1. The van der Waals surface area contributed by atoms with Crippen molar-refractivity contribution in [3.05, 3.63) is 42.2 Å². The first kappa shape index (κ1) is 12.7. The highest BCUT2D eigenvalue weighted by Crippen LogP contribution is 2.16. The molecule has 1 aromatic carbocycles. The molecule has 96 valence electrons. The zero-order valence-corrected chi connectivity index (χ0v) is 10.5. The van der Waals surface area contributed by atoms with Crippen LogP contribution in [0, 0.1) is 0 Å². The minimum atomic E-state index is -0.734. The third-order valence-electron chi connectivity index (χ3n) is 2.51. The van der Waals surface area contributed by atoms with Crippen LogP contribution in [0.1, 0.15) is 25.6 Å². The zero-order valence-electron chi connectivity index (χ0n) is 10.5. The maximum Gasteiger partial charge on any atom is 0.121 e. The van der Waals surface area contributed by atoms with E-state index in [0.29, 0.717) is 5.69 Å². The Kier molecular flexibility index (Phi) is 4.07. The summed E-state index contributed by atoms with van der Waals surface area (Å²) in [7, 11) is 0. The second-order valence-corrected chi connectivity index (χ2v) is 4.30. The molecule has 0 aliphatic rings. The van der Waals surface area contributed by atoms with E-state index < -0.39 is 6.10 Å². The van der Waals surface area contributed by atoms with Gasteiger partial charge in [-0.1, -0.05) is 23.4 Å². The van der Waals surface area contributed by atoms with Gasteiger partial charge in [0, 0.05) is 0 Å². The Morgan fingerprint density at radius 2 is 2.00 bits per heavy atom. The molecule has 1 aromatic heterocycles. The van der Waals surface area contributed by atoms with Gasteiger partial charge < -0.3 is 9.84 Å². The summed E-state index contributed by atoms with van der Waals surface area (Å²) in [6, 6.07) is 9.58. The van der Waals surface area contributed by atoms with Crippen LogP contribution in [0.3, 0.4) is 0 Å². The van der Waals surface area contributed by atoms with Gasteiger partial charge in [-0.25, -0.2) is 4.68 Å². The summed E-state index contributed by atoms with van der Waals surface area (Å²) in [5, 5.41) is 17.9. The first-order valence-corrected chi connectivity index (χ1v) is 5.94. The molecule has 0 bridgehead atoms. The molecule has 0 radical (unpaired) electrons. The van der Waals surface area contributed by atoms with Crippen molar-refractivity contribution in [2.75, 3.05) is 6.61 Å². The molecule has 0 aliphatic carbocycles. The fraction of sp³-hybridized carbons (Fsp3) is 0.385. The molecule has 0 aliphatic heterocycles. The maximum atomic E-state index is 10.1. The van der Waals surface area contributed by atoms with Crippen molar-refractivity contribution in [3.8, 4) is 5.69 Å². The highest BCUT2D eigenvalue weighted by molar-refractivity contribution is 5.31. The van der Waals surface area contributed by atoms with E-state index in [0.717, 1.165) is 5.69 Å². The minimum Gasteiger partial charge on any atom is -0.384 e. The molecule has 0 saturated carbocycles. The van der Waals surface area contributed by atoms with Crippen LogP contribution in [0.2, 0.25) is 0 Å². The van der Waals surface area contributed by atoms with Crippen molar-refractivity contribution in [2.45, 2.75) is 26.1 Å². The molecule has 0 spiro atoms. The molecule has 2 rings (SSSR count). The molecule has 5 heteroatoms. The van der Waals surface area contributed by atoms with Crippen LogP contribution in [0.15, 0.2) is 36.5 Å². The molecule has 5 nitrogen and oxygen atoms in total. The topological polar surface area (TPSA) is 60.2 Å². The number of aliphatic hydroxyl groups is 1. The van der Waals surface area contributed by atoms with Crippen LogP contribution < -0.4 is 0 Å². The van der Waals surface area contributed by atoms with E-state index in [9.17, 15) is 5.11 Å². The monoisotopic (exact) mass is 247 g/mol. The Balaban J connectivity index is 2.17. The van der Waals surface area contributed by atoms with Crippen molar-refractivity contribution in [1.29, 1.82) is 0 Å². The molecular formula is C13H17N3O2. The van der Waals surface area contributed by atoms with Crippen molar-refractivity contribution in [3.63, 3.8) is 0 Å². The van der Waals surface area contributed by atoms with Gasteiger partial charge in [-0.15, -0.1) is 5.10 Å². The van der Waals surface area contributed by atoms with E-state index in [1.807, 2.05) is 44.2 Å². The lowest BCUT2D eigenvalue weighted by Gasteiger charge is -2.14. The lowest BCUT2D eigenvalue weighted by Crippen LogP contribution is -2.15. The number of ether oxygens (including phenoxy) is 1. The summed E-state index contributed by atoms with van der Waals surface area (Å²) >= 11 is 0. The van der Waals surface area contributed by atoms with Crippen molar-refractivity contribution >= 4 is 0 Å². The molecule has 2 aromatic rings. The molecule has 1 unspecified atom stereocenters. The third kappa shape index (κ3) is 2.94. The minimum absolute atomic E-state index is 0.0840. The SMILES string of the molecule is CC(C)OCC(O)c1cnnn1-c1ccccc1. The Bertz CT molecular complexity index is 482. The fourth-order valence-corrected chi connectivity index (χ4v) is 1.61. The molecule has 1 N–H and O–H groups in total. The van der Waals surface area contributed by atoms with E-state index >= 15 is 0 Å². The number of nitrogens with zero attached hydrogens (tertiary/aromatic N) is 3. The summed E-state index contributed by atoms with van der Waals surface area (Å²) in [5.74, 6) is 0. The van der Waals surface area contributed by atoms with Crippen LogP contribution in [-0.4, -0.2) is 32.8 Å². The van der Waals surface area contributed by atoms with E-state index in [1.165, 1.54) is 0 Å². The lowest BCUT2D eigenvalue weighted by atomic mass is 10.2. The Labute approximate surface area is 106 Å². The molecular weight excluding hydrogens is 230 g/mol. The van der Waals surface area contributed by atoms with Gasteiger partial charge in [-0.05, 0) is 26.0 Å². The quantitative estimate of drug-likeness (QED) is 0.874. The number of benzene rings is 1. The smallest absolute Gasteiger partial charge is 0.121 e. The first-order chi connectivity index (χ1) is 8.68. The summed E-state index contributed by atoms with van der Waals surface area (Å²) in [5.41, 5.74) is 1.50. The van der Waals surface area contributed by atoms with Gasteiger partial charge in [0.05, 0.1) is 30.3 Å². The van der Waals surface area contributed by atoms with Gasteiger partial charge in [0.1, 0.15) is 6.10 Å². The van der Waals surface area contributed by atoms with E-state index in [2.05, 4.69) is 10.3 Å². The van der Waals surface area contributed by atoms with E-state index in [-0.39, 0.29) is 12.7 Å². The van der Waals surface area contributed by atoms with Crippen LogP contribution in [0.5, 0.6) is 0 Å². The number of para-hydroxylation sites is 1. The molecule has 1 atom stereocenters.